The first-order valence-electron chi connectivity index (χ1n) is 9.95. The molecule has 1 amide bonds. The number of carbonyl (C=O) groups excluding carboxylic acids is 1. The molecule has 3 aliphatic rings. The normalized spacial score (nSPS) is 30.4. The Balaban J connectivity index is 1.30. The molecule has 1 saturated heterocycles. The summed E-state index contributed by atoms with van der Waals surface area (Å²) >= 11 is 0. The van der Waals surface area contributed by atoms with Gasteiger partial charge in [-0.05, 0) is 57.6 Å². The van der Waals surface area contributed by atoms with E-state index in [0.29, 0.717) is 24.5 Å². The molecule has 0 bridgehead atoms. The number of carbonyl (C=O) groups is 1. The summed E-state index contributed by atoms with van der Waals surface area (Å²) in [5.74, 6) is 0.624. The topological polar surface area (TPSA) is 53.4 Å². The SMILES string of the molecule is Cc1nc([C@@H](C)C2CC3(C2)CN(C(=O)C2CC(C)(O)C2)C3)ccc1C(F)(F)F. The number of aromatic nitrogens is 1. The van der Waals surface area contributed by atoms with E-state index in [1.807, 2.05) is 11.8 Å². The summed E-state index contributed by atoms with van der Waals surface area (Å²) in [5.41, 5.74) is -0.428. The number of halogens is 3. The van der Waals surface area contributed by atoms with Gasteiger partial charge in [-0.1, -0.05) is 6.92 Å². The van der Waals surface area contributed by atoms with Crippen molar-refractivity contribution >= 4 is 5.91 Å². The molecule has 0 radical (unpaired) electrons. The van der Waals surface area contributed by atoms with E-state index < -0.39 is 17.3 Å². The number of likely N-dealkylation sites (tertiary alicyclic amines) is 1. The van der Waals surface area contributed by atoms with Gasteiger partial charge in [-0.15, -0.1) is 0 Å². The highest BCUT2D eigenvalue weighted by molar-refractivity contribution is 5.81. The molecule has 2 heterocycles. The van der Waals surface area contributed by atoms with Gasteiger partial charge < -0.3 is 10.0 Å². The van der Waals surface area contributed by atoms with E-state index >= 15 is 0 Å². The lowest BCUT2D eigenvalue weighted by molar-refractivity contribution is -0.172. The number of nitrogens with zero attached hydrogens (tertiary/aromatic N) is 2. The number of amides is 1. The Hall–Kier alpha value is -1.63. The molecule has 1 aromatic rings. The smallest absolute Gasteiger partial charge is 0.390 e. The van der Waals surface area contributed by atoms with Gasteiger partial charge in [-0.25, -0.2) is 0 Å². The molecule has 1 N–H and O–H groups in total. The zero-order valence-electron chi connectivity index (χ0n) is 16.5. The van der Waals surface area contributed by atoms with E-state index in [0.717, 1.165) is 32.0 Å². The van der Waals surface area contributed by atoms with Gasteiger partial charge in [0, 0.05) is 41.7 Å². The van der Waals surface area contributed by atoms with Crippen LogP contribution in [0.15, 0.2) is 12.1 Å². The molecule has 1 spiro atoms. The number of hydrogen-bond donors (Lipinski definition) is 1. The highest BCUT2D eigenvalue weighted by Crippen LogP contribution is 2.56. The van der Waals surface area contributed by atoms with Crippen molar-refractivity contribution in [2.75, 3.05) is 13.1 Å². The lowest BCUT2D eigenvalue weighted by atomic mass is 9.54. The van der Waals surface area contributed by atoms with E-state index in [1.54, 1.807) is 6.92 Å². The van der Waals surface area contributed by atoms with E-state index in [9.17, 15) is 23.1 Å². The quantitative estimate of drug-likeness (QED) is 0.843. The number of aryl methyl sites for hydroxylation is 1. The molecule has 1 atom stereocenters. The van der Waals surface area contributed by atoms with Gasteiger partial charge in [0.1, 0.15) is 0 Å². The van der Waals surface area contributed by atoms with Crippen LogP contribution >= 0.6 is 0 Å². The molecule has 3 fully saturated rings. The van der Waals surface area contributed by atoms with Gasteiger partial charge in [-0.2, -0.15) is 13.2 Å². The van der Waals surface area contributed by atoms with Crippen molar-refractivity contribution in [3.8, 4) is 0 Å². The third-order valence-corrected chi connectivity index (χ3v) is 7.06. The summed E-state index contributed by atoms with van der Waals surface area (Å²) in [6.07, 6.45) is -1.29. The average Bonchev–Trinajstić information content (AvgIpc) is 2.47. The minimum Gasteiger partial charge on any atom is -0.390 e. The molecule has 7 heteroatoms. The molecule has 28 heavy (non-hydrogen) atoms. The number of pyridine rings is 1. The summed E-state index contributed by atoms with van der Waals surface area (Å²) < 4.78 is 38.8. The molecule has 2 saturated carbocycles. The molecular formula is C21H27F3N2O2. The molecule has 2 aliphatic carbocycles. The molecule has 1 aromatic heterocycles. The fourth-order valence-electron chi connectivity index (χ4n) is 5.39. The Bertz CT molecular complexity index is 783. The van der Waals surface area contributed by atoms with Crippen LogP contribution in [0.3, 0.4) is 0 Å². The van der Waals surface area contributed by atoms with Crippen LogP contribution in [0.2, 0.25) is 0 Å². The van der Waals surface area contributed by atoms with Crippen molar-refractivity contribution in [1.29, 1.82) is 0 Å². The van der Waals surface area contributed by atoms with Crippen LogP contribution in [0.5, 0.6) is 0 Å². The monoisotopic (exact) mass is 396 g/mol. The van der Waals surface area contributed by atoms with Crippen LogP contribution in [0.25, 0.3) is 0 Å². The van der Waals surface area contributed by atoms with E-state index in [4.69, 9.17) is 0 Å². The van der Waals surface area contributed by atoms with E-state index in [1.165, 1.54) is 13.0 Å². The van der Waals surface area contributed by atoms with E-state index in [2.05, 4.69) is 4.98 Å². The number of alkyl halides is 3. The summed E-state index contributed by atoms with van der Waals surface area (Å²) in [5, 5.41) is 9.81. The molecule has 0 aromatic carbocycles. The Morgan fingerprint density at radius 2 is 1.86 bits per heavy atom. The van der Waals surface area contributed by atoms with Crippen LogP contribution < -0.4 is 0 Å². The fourth-order valence-corrected chi connectivity index (χ4v) is 5.39. The molecule has 4 nitrogen and oxygen atoms in total. The standard InChI is InChI=1S/C21H27F3N2O2/c1-12(17-5-4-16(13(2)25-17)21(22,23)24)14-8-20(9-14)10-26(11-20)18(27)15-6-19(3,28)7-15/h4-5,12,14-15,28H,6-11H2,1-3H3/t12-,15?,19?/m0/s1. The zero-order chi connectivity index (χ0) is 20.5. The van der Waals surface area contributed by atoms with Crippen molar-refractivity contribution in [3.05, 3.63) is 29.1 Å². The second-order valence-corrected chi connectivity index (χ2v) is 9.62. The Labute approximate surface area is 163 Å². The second kappa shape index (κ2) is 6.18. The van der Waals surface area contributed by atoms with E-state index in [-0.39, 0.29) is 28.9 Å². The minimum absolute atomic E-state index is 0.0303. The average molecular weight is 396 g/mol. The number of hydrogen-bond acceptors (Lipinski definition) is 3. The summed E-state index contributed by atoms with van der Waals surface area (Å²) in [6, 6.07) is 2.64. The molecule has 154 valence electrons. The Kier molecular flexibility index (Phi) is 4.34. The van der Waals surface area contributed by atoms with Gasteiger partial charge >= 0.3 is 6.18 Å². The Morgan fingerprint density at radius 3 is 2.36 bits per heavy atom. The lowest BCUT2D eigenvalue weighted by Crippen LogP contribution is -2.66. The first-order valence-corrected chi connectivity index (χ1v) is 9.95. The second-order valence-electron chi connectivity index (χ2n) is 9.62. The van der Waals surface area contributed by atoms with Gasteiger partial charge in [0.2, 0.25) is 5.91 Å². The lowest BCUT2D eigenvalue weighted by Gasteiger charge is -2.61. The predicted molar refractivity (Wildman–Crippen MR) is 97.5 cm³/mol. The molecule has 1 aliphatic heterocycles. The van der Waals surface area contributed by atoms with Gasteiger partial charge in [0.05, 0.1) is 11.2 Å². The maximum atomic E-state index is 12.9. The number of rotatable bonds is 3. The van der Waals surface area contributed by atoms with Crippen molar-refractivity contribution in [2.24, 2.45) is 17.3 Å². The predicted octanol–water partition coefficient (Wildman–Crippen LogP) is 3.91. The van der Waals surface area contributed by atoms with Crippen LogP contribution in [-0.2, 0) is 11.0 Å². The van der Waals surface area contributed by atoms with Crippen LogP contribution in [0, 0.1) is 24.2 Å². The first kappa shape index (κ1) is 19.7. The summed E-state index contributed by atoms with van der Waals surface area (Å²) in [6.45, 7) is 6.75. The van der Waals surface area contributed by atoms with Crippen LogP contribution in [0.1, 0.15) is 62.4 Å². The van der Waals surface area contributed by atoms with Gasteiger partial charge in [0.25, 0.3) is 0 Å². The van der Waals surface area contributed by atoms with Crippen molar-refractivity contribution in [2.45, 2.75) is 64.1 Å². The highest BCUT2D eigenvalue weighted by Gasteiger charge is 2.56. The largest absolute Gasteiger partial charge is 0.418 e. The Morgan fingerprint density at radius 1 is 1.25 bits per heavy atom. The minimum atomic E-state index is -4.37. The van der Waals surface area contributed by atoms with Crippen molar-refractivity contribution in [1.82, 2.24) is 9.88 Å². The van der Waals surface area contributed by atoms with Gasteiger partial charge in [0.15, 0.2) is 0 Å². The van der Waals surface area contributed by atoms with Crippen LogP contribution in [0.4, 0.5) is 13.2 Å². The van der Waals surface area contributed by atoms with Gasteiger partial charge in [-0.3, -0.25) is 9.78 Å². The summed E-state index contributed by atoms with van der Waals surface area (Å²) in [4.78, 5) is 18.6. The maximum Gasteiger partial charge on any atom is 0.418 e. The maximum absolute atomic E-state index is 12.9. The number of aliphatic hydroxyl groups is 1. The third-order valence-electron chi connectivity index (χ3n) is 7.06. The van der Waals surface area contributed by atoms with Crippen molar-refractivity contribution in [3.63, 3.8) is 0 Å². The highest BCUT2D eigenvalue weighted by atomic mass is 19.4. The van der Waals surface area contributed by atoms with Crippen molar-refractivity contribution < 1.29 is 23.1 Å². The third kappa shape index (κ3) is 3.31. The summed E-state index contributed by atoms with van der Waals surface area (Å²) in [7, 11) is 0. The molecule has 0 unspecified atom stereocenters. The first-order chi connectivity index (χ1) is 12.9. The zero-order valence-corrected chi connectivity index (χ0v) is 16.5. The van der Waals surface area contributed by atoms with Crippen LogP contribution in [-0.4, -0.2) is 39.6 Å². The fraction of sp³-hybridized carbons (Fsp3) is 0.714. The molecule has 4 rings (SSSR count). The molecular weight excluding hydrogens is 369 g/mol.